The number of aryl methyl sites for hydroxylation is 1. The SMILES string of the molecule is CC(=C/Cc1cc(-c2ccccc2)ccc1C)/C=C(/C)NC(C)(C)C. The van der Waals surface area contributed by atoms with E-state index in [-0.39, 0.29) is 5.54 Å². The Bertz CT molecular complexity index is 758. The molecular weight excluding hydrogens is 302 g/mol. The first-order valence-electron chi connectivity index (χ1n) is 9.03. The van der Waals surface area contributed by atoms with Crippen molar-refractivity contribution in [1.29, 1.82) is 0 Å². The molecule has 0 aromatic heterocycles. The van der Waals surface area contributed by atoms with Crippen molar-refractivity contribution >= 4 is 0 Å². The predicted molar refractivity (Wildman–Crippen MR) is 111 cm³/mol. The summed E-state index contributed by atoms with van der Waals surface area (Å²) in [5.74, 6) is 0. The van der Waals surface area contributed by atoms with Crippen molar-refractivity contribution in [3.05, 3.63) is 83.1 Å². The van der Waals surface area contributed by atoms with Gasteiger partial charge in [0.2, 0.25) is 0 Å². The van der Waals surface area contributed by atoms with Gasteiger partial charge in [-0.2, -0.15) is 0 Å². The molecule has 1 N–H and O–H groups in total. The Morgan fingerprint density at radius 1 is 0.960 bits per heavy atom. The lowest BCUT2D eigenvalue weighted by atomic mass is 9.97. The molecule has 25 heavy (non-hydrogen) atoms. The Balaban J connectivity index is 2.16. The molecule has 0 amide bonds. The predicted octanol–water partition coefficient (Wildman–Crippen LogP) is 6.44. The molecule has 0 unspecified atom stereocenters. The molecule has 2 rings (SSSR count). The summed E-state index contributed by atoms with van der Waals surface area (Å²) in [6, 6.07) is 17.3. The van der Waals surface area contributed by atoms with Crippen LogP contribution in [0.15, 0.2) is 72.0 Å². The number of rotatable bonds is 5. The van der Waals surface area contributed by atoms with Crippen LogP contribution in [0.4, 0.5) is 0 Å². The molecule has 0 spiro atoms. The van der Waals surface area contributed by atoms with Gasteiger partial charge in [-0.3, -0.25) is 0 Å². The van der Waals surface area contributed by atoms with Gasteiger partial charge >= 0.3 is 0 Å². The van der Waals surface area contributed by atoms with E-state index in [9.17, 15) is 0 Å². The molecule has 0 aliphatic rings. The smallest absolute Gasteiger partial charge is 0.0286 e. The molecule has 0 atom stereocenters. The minimum atomic E-state index is 0.0987. The van der Waals surface area contributed by atoms with Gasteiger partial charge in [0, 0.05) is 11.2 Å². The number of hydrogen-bond acceptors (Lipinski definition) is 1. The quantitative estimate of drug-likeness (QED) is 0.621. The van der Waals surface area contributed by atoms with E-state index in [0.717, 1.165) is 6.42 Å². The molecule has 0 saturated carbocycles. The van der Waals surface area contributed by atoms with E-state index in [2.05, 4.69) is 108 Å². The second kappa shape index (κ2) is 8.20. The Kier molecular flexibility index (Phi) is 6.25. The first-order chi connectivity index (χ1) is 11.7. The van der Waals surface area contributed by atoms with Gasteiger partial charge in [0.25, 0.3) is 0 Å². The monoisotopic (exact) mass is 333 g/mol. The molecular formula is C24H31N. The van der Waals surface area contributed by atoms with E-state index in [4.69, 9.17) is 0 Å². The average molecular weight is 334 g/mol. The number of hydrogen-bond donors (Lipinski definition) is 1. The van der Waals surface area contributed by atoms with E-state index in [1.165, 1.54) is 33.5 Å². The van der Waals surface area contributed by atoms with E-state index >= 15 is 0 Å². The number of allylic oxidation sites excluding steroid dienone is 4. The van der Waals surface area contributed by atoms with Crippen LogP contribution in [0.5, 0.6) is 0 Å². The summed E-state index contributed by atoms with van der Waals surface area (Å²) >= 11 is 0. The highest BCUT2D eigenvalue weighted by molar-refractivity contribution is 5.64. The Morgan fingerprint density at radius 2 is 1.64 bits per heavy atom. The van der Waals surface area contributed by atoms with Crippen molar-refractivity contribution in [3.63, 3.8) is 0 Å². The lowest BCUT2D eigenvalue weighted by Gasteiger charge is -2.22. The summed E-state index contributed by atoms with van der Waals surface area (Å²) < 4.78 is 0. The zero-order valence-corrected chi connectivity index (χ0v) is 16.5. The van der Waals surface area contributed by atoms with E-state index in [0.29, 0.717) is 0 Å². The summed E-state index contributed by atoms with van der Waals surface area (Å²) in [5.41, 5.74) is 7.88. The highest BCUT2D eigenvalue weighted by Gasteiger charge is 2.08. The molecule has 0 aliphatic heterocycles. The van der Waals surface area contributed by atoms with Gasteiger partial charge in [0.05, 0.1) is 0 Å². The molecule has 0 radical (unpaired) electrons. The molecule has 0 fully saturated rings. The summed E-state index contributed by atoms with van der Waals surface area (Å²) in [4.78, 5) is 0. The van der Waals surface area contributed by atoms with Crippen molar-refractivity contribution in [3.8, 4) is 11.1 Å². The zero-order chi connectivity index (χ0) is 18.4. The molecule has 0 aliphatic carbocycles. The van der Waals surface area contributed by atoms with E-state index in [1.54, 1.807) is 0 Å². The maximum absolute atomic E-state index is 3.51. The summed E-state index contributed by atoms with van der Waals surface area (Å²) in [7, 11) is 0. The van der Waals surface area contributed by atoms with Crippen LogP contribution in [0.2, 0.25) is 0 Å². The molecule has 1 heteroatoms. The van der Waals surface area contributed by atoms with Gasteiger partial charge < -0.3 is 5.32 Å². The third kappa shape index (κ3) is 6.26. The van der Waals surface area contributed by atoms with Gasteiger partial charge in [0.1, 0.15) is 0 Å². The van der Waals surface area contributed by atoms with Crippen LogP contribution in [0.3, 0.4) is 0 Å². The maximum Gasteiger partial charge on any atom is 0.0286 e. The van der Waals surface area contributed by atoms with Crippen molar-refractivity contribution < 1.29 is 0 Å². The number of nitrogens with one attached hydrogen (secondary N) is 1. The first-order valence-corrected chi connectivity index (χ1v) is 9.03. The minimum absolute atomic E-state index is 0.0987. The zero-order valence-electron chi connectivity index (χ0n) is 16.5. The Hall–Kier alpha value is -2.28. The highest BCUT2D eigenvalue weighted by atomic mass is 14.9. The summed E-state index contributed by atoms with van der Waals surface area (Å²) in [5, 5.41) is 3.51. The second-order valence-corrected chi connectivity index (χ2v) is 7.86. The third-order valence-corrected chi connectivity index (χ3v) is 4.12. The van der Waals surface area contributed by atoms with Crippen LogP contribution in [0, 0.1) is 6.92 Å². The fraction of sp³-hybridized carbons (Fsp3) is 0.333. The van der Waals surface area contributed by atoms with Crippen LogP contribution in [0.25, 0.3) is 11.1 Å². The van der Waals surface area contributed by atoms with Gasteiger partial charge in [-0.15, -0.1) is 0 Å². The fourth-order valence-corrected chi connectivity index (χ4v) is 3.00. The maximum atomic E-state index is 3.51. The van der Waals surface area contributed by atoms with Crippen molar-refractivity contribution in [1.82, 2.24) is 5.32 Å². The van der Waals surface area contributed by atoms with Crippen LogP contribution in [0.1, 0.15) is 45.7 Å². The van der Waals surface area contributed by atoms with E-state index in [1.807, 2.05) is 0 Å². The molecule has 2 aromatic rings. The average Bonchev–Trinajstić information content (AvgIpc) is 2.53. The largest absolute Gasteiger partial charge is 0.384 e. The molecule has 1 nitrogen and oxygen atoms in total. The van der Waals surface area contributed by atoms with Gasteiger partial charge in [-0.05, 0) is 76.3 Å². The molecule has 132 valence electrons. The topological polar surface area (TPSA) is 12.0 Å². The summed E-state index contributed by atoms with van der Waals surface area (Å²) in [6.07, 6.45) is 5.49. The highest BCUT2D eigenvalue weighted by Crippen LogP contribution is 2.23. The number of benzene rings is 2. The third-order valence-electron chi connectivity index (χ3n) is 4.12. The standard InChI is InChI=1S/C24H31N/c1-18(16-20(3)25-24(4,5)6)12-14-22-17-23(15-13-19(22)2)21-10-8-7-9-11-21/h7-13,15-17,25H,14H2,1-6H3/b18-12-,20-16-. The minimum Gasteiger partial charge on any atom is -0.384 e. The molecule has 2 aromatic carbocycles. The first kappa shape index (κ1) is 19.1. The van der Waals surface area contributed by atoms with Crippen LogP contribution >= 0.6 is 0 Å². The van der Waals surface area contributed by atoms with Crippen LogP contribution in [-0.2, 0) is 6.42 Å². The van der Waals surface area contributed by atoms with Crippen molar-refractivity contribution in [2.75, 3.05) is 0 Å². The van der Waals surface area contributed by atoms with Crippen LogP contribution in [-0.4, -0.2) is 5.54 Å². The lowest BCUT2D eigenvalue weighted by Crippen LogP contribution is -2.34. The molecule has 0 bridgehead atoms. The molecule has 0 saturated heterocycles. The van der Waals surface area contributed by atoms with Crippen molar-refractivity contribution in [2.24, 2.45) is 0 Å². The summed E-state index contributed by atoms with van der Waals surface area (Å²) in [6.45, 7) is 13.0. The van der Waals surface area contributed by atoms with Gasteiger partial charge in [-0.1, -0.05) is 60.2 Å². The Labute approximate surface area is 153 Å². The van der Waals surface area contributed by atoms with Crippen molar-refractivity contribution in [2.45, 2.75) is 53.5 Å². The van der Waals surface area contributed by atoms with Gasteiger partial charge in [0.15, 0.2) is 0 Å². The Morgan fingerprint density at radius 3 is 2.28 bits per heavy atom. The second-order valence-electron chi connectivity index (χ2n) is 7.86. The molecule has 0 heterocycles. The lowest BCUT2D eigenvalue weighted by molar-refractivity contribution is 0.473. The normalized spacial score (nSPS) is 13.0. The fourth-order valence-electron chi connectivity index (χ4n) is 3.00. The van der Waals surface area contributed by atoms with E-state index < -0.39 is 0 Å². The van der Waals surface area contributed by atoms with Gasteiger partial charge in [-0.25, -0.2) is 0 Å². The van der Waals surface area contributed by atoms with Crippen LogP contribution < -0.4 is 5.32 Å².